The predicted octanol–water partition coefficient (Wildman–Crippen LogP) is 1.89. The highest BCUT2D eigenvalue weighted by Crippen LogP contribution is 2.29. The molecule has 1 unspecified atom stereocenters. The van der Waals surface area contributed by atoms with Gasteiger partial charge in [-0.05, 0) is 26.1 Å². The maximum absolute atomic E-state index is 12.2. The Morgan fingerprint density at radius 1 is 1.29 bits per heavy atom. The molecule has 1 rings (SSSR count). The molecule has 0 saturated heterocycles. The van der Waals surface area contributed by atoms with Crippen LogP contribution >= 0.6 is 12.4 Å². The third kappa shape index (κ3) is 6.51. The summed E-state index contributed by atoms with van der Waals surface area (Å²) in [5, 5.41) is 2.80. The number of rotatable bonds is 6. The third-order valence-corrected chi connectivity index (χ3v) is 3.90. The van der Waals surface area contributed by atoms with E-state index in [1.807, 2.05) is 0 Å². The lowest BCUT2D eigenvalue weighted by molar-refractivity contribution is -0.275. The Balaban J connectivity index is 0.00000400. The summed E-state index contributed by atoms with van der Waals surface area (Å²) >= 11 is 0. The summed E-state index contributed by atoms with van der Waals surface area (Å²) in [5.41, 5.74) is 0. The summed E-state index contributed by atoms with van der Waals surface area (Å²) < 4.78 is 66.6. The summed E-state index contributed by atoms with van der Waals surface area (Å²) in [6.45, 7) is 1.76. The van der Waals surface area contributed by atoms with Crippen LogP contribution in [0.25, 0.3) is 0 Å². The molecule has 0 bridgehead atoms. The number of benzene rings is 1. The number of ether oxygens (including phenoxy) is 1. The minimum Gasteiger partial charge on any atom is -0.404 e. The molecule has 1 aromatic carbocycles. The van der Waals surface area contributed by atoms with Crippen molar-refractivity contribution in [3.63, 3.8) is 0 Å². The molecular weight excluding hydrogens is 333 g/mol. The summed E-state index contributed by atoms with van der Waals surface area (Å²) in [4.78, 5) is -0.555. The average Bonchev–Trinajstić information content (AvgIpc) is 2.34. The number of alkyl halides is 3. The molecule has 0 aromatic heterocycles. The van der Waals surface area contributed by atoms with Crippen LogP contribution in [0.2, 0.25) is 0 Å². The molecule has 10 heteroatoms. The van der Waals surface area contributed by atoms with E-state index in [0.717, 1.165) is 12.1 Å². The first-order valence-corrected chi connectivity index (χ1v) is 7.16. The molecule has 0 saturated carbocycles. The first-order valence-electron chi connectivity index (χ1n) is 5.67. The monoisotopic (exact) mass is 348 g/mol. The Kier molecular flexibility index (Phi) is 7.45. The summed E-state index contributed by atoms with van der Waals surface area (Å²) in [7, 11) is -2.44. The van der Waals surface area contributed by atoms with Crippen molar-refractivity contribution in [2.45, 2.75) is 24.2 Å². The average molecular weight is 349 g/mol. The normalized spacial score (nSPS) is 13.4. The topological polar surface area (TPSA) is 67.4 Å². The SMILES string of the molecule is CNC(C)CNS(=O)(=O)c1ccccc1OC(F)(F)F.Cl. The van der Waals surface area contributed by atoms with E-state index in [-0.39, 0.29) is 25.0 Å². The Hall–Kier alpha value is -1.03. The highest BCUT2D eigenvalue weighted by Gasteiger charge is 2.33. The van der Waals surface area contributed by atoms with E-state index in [1.165, 1.54) is 12.1 Å². The molecule has 2 N–H and O–H groups in total. The molecule has 0 fully saturated rings. The molecule has 21 heavy (non-hydrogen) atoms. The number of halogens is 4. The first-order chi connectivity index (χ1) is 9.15. The van der Waals surface area contributed by atoms with Gasteiger partial charge in [-0.2, -0.15) is 0 Å². The van der Waals surface area contributed by atoms with Gasteiger partial charge in [-0.15, -0.1) is 25.6 Å². The molecule has 0 spiro atoms. The van der Waals surface area contributed by atoms with Crippen LogP contribution in [0.5, 0.6) is 5.75 Å². The zero-order chi connectivity index (χ0) is 15.4. The number of hydrogen-bond acceptors (Lipinski definition) is 4. The number of hydrogen-bond donors (Lipinski definition) is 2. The second kappa shape index (κ2) is 7.83. The van der Waals surface area contributed by atoms with Gasteiger partial charge < -0.3 is 10.1 Å². The summed E-state index contributed by atoms with van der Waals surface area (Å²) in [6.07, 6.45) is -4.95. The molecule has 0 aliphatic rings. The molecular formula is C11H16ClF3N2O3S. The second-order valence-corrected chi connectivity index (χ2v) is 5.77. The molecule has 0 aliphatic heterocycles. The van der Waals surface area contributed by atoms with Gasteiger partial charge in [0.05, 0.1) is 0 Å². The Labute approximate surface area is 127 Å². The number of likely N-dealkylation sites (N-methyl/N-ethyl adjacent to an activating group) is 1. The summed E-state index contributed by atoms with van der Waals surface area (Å²) in [6, 6.07) is 4.41. The maximum Gasteiger partial charge on any atom is 0.573 e. The van der Waals surface area contributed by atoms with Crippen LogP contribution in [0, 0.1) is 0 Å². The van der Waals surface area contributed by atoms with Crippen LogP contribution in [-0.2, 0) is 10.0 Å². The number of nitrogens with one attached hydrogen (secondary N) is 2. The van der Waals surface area contributed by atoms with Crippen LogP contribution in [0.3, 0.4) is 0 Å². The second-order valence-electron chi connectivity index (χ2n) is 4.04. The quantitative estimate of drug-likeness (QED) is 0.824. The third-order valence-electron chi connectivity index (χ3n) is 2.44. The van der Waals surface area contributed by atoms with Gasteiger partial charge in [0.1, 0.15) is 10.6 Å². The molecule has 5 nitrogen and oxygen atoms in total. The van der Waals surface area contributed by atoms with Gasteiger partial charge in [-0.25, -0.2) is 13.1 Å². The van der Waals surface area contributed by atoms with E-state index in [4.69, 9.17) is 0 Å². The van der Waals surface area contributed by atoms with Crippen molar-refractivity contribution >= 4 is 22.4 Å². The van der Waals surface area contributed by atoms with Crippen LogP contribution < -0.4 is 14.8 Å². The molecule has 1 atom stereocenters. The van der Waals surface area contributed by atoms with Gasteiger partial charge in [0.25, 0.3) is 0 Å². The predicted molar refractivity (Wildman–Crippen MR) is 74.1 cm³/mol. The number of para-hydroxylation sites is 1. The minimum absolute atomic E-state index is 0. The highest BCUT2D eigenvalue weighted by molar-refractivity contribution is 7.89. The molecule has 1 aromatic rings. The van der Waals surface area contributed by atoms with Gasteiger partial charge in [-0.3, -0.25) is 0 Å². The standard InChI is InChI=1S/C11H15F3N2O3S.ClH/c1-8(15-2)7-16-20(17,18)10-6-4-3-5-9(10)19-11(12,13)14;/h3-6,8,15-16H,7H2,1-2H3;1H. The molecule has 0 heterocycles. The van der Waals surface area contributed by atoms with E-state index in [1.54, 1.807) is 14.0 Å². The van der Waals surface area contributed by atoms with Crippen molar-refractivity contribution < 1.29 is 26.3 Å². The highest BCUT2D eigenvalue weighted by atomic mass is 35.5. The van der Waals surface area contributed by atoms with Crippen molar-refractivity contribution in [3.8, 4) is 5.75 Å². The van der Waals surface area contributed by atoms with E-state index >= 15 is 0 Å². The van der Waals surface area contributed by atoms with Gasteiger partial charge in [0.2, 0.25) is 10.0 Å². The van der Waals surface area contributed by atoms with Crippen molar-refractivity contribution in [1.29, 1.82) is 0 Å². The molecule has 0 radical (unpaired) electrons. The molecule has 122 valence electrons. The zero-order valence-electron chi connectivity index (χ0n) is 11.3. The fourth-order valence-electron chi connectivity index (χ4n) is 1.30. The van der Waals surface area contributed by atoms with E-state index in [0.29, 0.717) is 0 Å². The van der Waals surface area contributed by atoms with Crippen LogP contribution in [0.4, 0.5) is 13.2 Å². The van der Waals surface area contributed by atoms with Crippen LogP contribution in [0.15, 0.2) is 29.2 Å². The molecule has 0 aliphatic carbocycles. The van der Waals surface area contributed by atoms with Crippen molar-refractivity contribution in [1.82, 2.24) is 10.0 Å². The van der Waals surface area contributed by atoms with Gasteiger partial charge in [0.15, 0.2) is 0 Å². The fourth-order valence-corrected chi connectivity index (χ4v) is 2.55. The lowest BCUT2D eigenvalue weighted by Gasteiger charge is -2.15. The maximum atomic E-state index is 12.2. The summed E-state index contributed by atoms with van der Waals surface area (Å²) in [5.74, 6) is -0.760. The lowest BCUT2D eigenvalue weighted by atomic mass is 10.3. The number of sulfonamides is 1. The first kappa shape index (κ1) is 20.0. The van der Waals surface area contributed by atoms with Gasteiger partial charge in [0, 0.05) is 12.6 Å². The van der Waals surface area contributed by atoms with E-state index in [2.05, 4.69) is 14.8 Å². The Bertz CT molecular complexity index is 552. The lowest BCUT2D eigenvalue weighted by Crippen LogP contribution is -2.37. The van der Waals surface area contributed by atoms with Crippen LogP contribution in [0.1, 0.15) is 6.92 Å². The Morgan fingerprint density at radius 2 is 1.86 bits per heavy atom. The largest absolute Gasteiger partial charge is 0.573 e. The Morgan fingerprint density at radius 3 is 2.38 bits per heavy atom. The van der Waals surface area contributed by atoms with Crippen molar-refractivity contribution in [2.75, 3.05) is 13.6 Å². The van der Waals surface area contributed by atoms with Crippen LogP contribution in [-0.4, -0.2) is 34.4 Å². The van der Waals surface area contributed by atoms with E-state index in [9.17, 15) is 21.6 Å². The molecule has 0 amide bonds. The smallest absolute Gasteiger partial charge is 0.404 e. The fraction of sp³-hybridized carbons (Fsp3) is 0.455. The van der Waals surface area contributed by atoms with Gasteiger partial charge >= 0.3 is 6.36 Å². The minimum atomic E-state index is -4.95. The zero-order valence-corrected chi connectivity index (χ0v) is 12.9. The van der Waals surface area contributed by atoms with E-state index < -0.39 is 27.0 Å². The van der Waals surface area contributed by atoms with Gasteiger partial charge in [-0.1, -0.05) is 12.1 Å². The van der Waals surface area contributed by atoms with Crippen molar-refractivity contribution in [3.05, 3.63) is 24.3 Å². The van der Waals surface area contributed by atoms with Crippen molar-refractivity contribution in [2.24, 2.45) is 0 Å².